The van der Waals surface area contributed by atoms with E-state index in [2.05, 4.69) is 9.88 Å². The lowest BCUT2D eigenvalue weighted by molar-refractivity contribution is 0.372. The van der Waals surface area contributed by atoms with Crippen LogP contribution in [0.15, 0.2) is 27.6 Å². The number of halogens is 1. The van der Waals surface area contributed by atoms with Crippen molar-refractivity contribution < 1.29 is 22.1 Å². The van der Waals surface area contributed by atoms with Crippen LogP contribution >= 0.6 is 0 Å². The second-order valence-corrected chi connectivity index (χ2v) is 7.14. The van der Waals surface area contributed by atoms with E-state index in [9.17, 15) is 12.8 Å². The molecule has 2 aromatic rings. The van der Waals surface area contributed by atoms with E-state index in [4.69, 9.17) is 9.26 Å². The highest BCUT2D eigenvalue weighted by atomic mass is 32.2. The Kier molecular flexibility index (Phi) is 5.06. The first-order chi connectivity index (χ1) is 10.8. The molecule has 0 fully saturated rings. The molecular weight excluding hydrogens is 323 g/mol. The zero-order valence-electron chi connectivity index (χ0n) is 13.4. The molecule has 0 aliphatic carbocycles. The number of nitrogens with zero attached hydrogens (tertiary/aromatic N) is 1. The Hall–Kier alpha value is -1.93. The molecule has 8 heteroatoms. The lowest BCUT2D eigenvalue weighted by Crippen LogP contribution is -2.24. The molecule has 0 aliphatic heterocycles. The summed E-state index contributed by atoms with van der Waals surface area (Å²) in [5, 5.41) is 3.86. The number of sulfonamides is 1. The van der Waals surface area contributed by atoms with E-state index in [1.807, 2.05) is 13.8 Å². The van der Waals surface area contributed by atoms with E-state index in [1.165, 1.54) is 26.2 Å². The summed E-state index contributed by atoms with van der Waals surface area (Å²) in [6, 6.07) is 4.27. The molecule has 1 heterocycles. The molecule has 0 saturated carbocycles. The van der Waals surface area contributed by atoms with Gasteiger partial charge in [-0.2, -0.15) is 0 Å². The highest BCUT2D eigenvalue weighted by molar-refractivity contribution is 7.89. The normalized spacial score (nSPS) is 11.9. The minimum absolute atomic E-state index is 0.00161. The summed E-state index contributed by atoms with van der Waals surface area (Å²) in [7, 11) is -2.56. The summed E-state index contributed by atoms with van der Waals surface area (Å²) in [5.74, 6) is -0.124. The Morgan fingerprint density at radius 2 is 2.09 bits per heavy atom. The summed E-state index contributed by atoms with van der Waals surface area (Å²) in [4.78, 5) is -0.139. The number of hydrogen-bond donors (Lipinski definition) is 1. The molecule has 0 spiro atoms. The zero-order chi connectivity index (χ0) is 17.2. The molecular formula is C15H19FN2O4S. The van der Waals surface area contributed by atoms with Crippen molar-refractivity contribution in [3.63, 3.8) is 0 Å². The van der Waals surface area contributed by atoms with E-state index in [0.29, 0.717) is 5.76 Å². The van der Waals surface area contributed by atoms with Gasteiger partial charge < -0.3 is 9.26 Å². The fraction of sp³-hybridized carbons (Fsp3) is 0.400. The second-order valence-electron chi connectivity index (χ2n) is 5.40. The first-order valence-corrected chi connectivity index (χ1v) is 8.52. The number of nitrogens with one attached hydrogen (secondary N) is 1. The van der Waals surface area contributed by atoms with Gasteiger partial charge in [-0.3, -0.25) is 0 Å². The van der Waals surface area contributed by atoms with Crippen molar-refractivity contribution in [2.24, 2.45) is 0 Å². The van der Waals surface area contributed by atoms with Crippen LogP contribution in [0.4, 0.5) is 4.39 Å². The first kappa shape index (κ1) is 17.4. The maximum Gasteiger partial charge on any atom is 0.241 e. The molecule has 23 heavy (non-hydrogen) atoms. The molecule has 1 aromatic heterocycles. The van der Waals surface area contributed by atoms with Crippen LogP contribution in [0.1, 0.15) is 36.8 Å². The lowest BCUT2D eigenvalue weighted by atomic mass is 10.1. The van der Waals surface area contributed by atoms with Gasteiger partial charge in [-0.1, -0.05) is 19.0 Å². The molecule has 0 amide bonds. The van der Waals surface area contributed by atoms with Gasteiger partial charge in [0, 0.05) is 11.6 Å². The summed E-state index contributed by atoms with van der Waals surface area (Å²) >= 11 is 0. The van der Waals surface area contributed by atoms with Crippen LogP contribution in [-0.4, -0.2) is 20.7 Å². The Labute approximate surface area is 134 Å². The van der Waals surface area contributed by atoms with E-state index in [1.54, 1.807) is 6.07 Å². The smallest absolute Gasteiger partial charge is 0.241 e. The Bertz CT molecular complexity index is 800. The molecule has 126 valence electrons. The van der Waals surface area contributed by atoms with Crippen LogP contribution in [0.5, 0.6) is 5.75 Å². The van der Waals surface area contributed by atoms with Gasteiger partial charge in [-0.15, -0.1) is 0 Å². The second kappa shape index (κ2) is 6.67. The fourth-order valence-corrected chi connectivity index (χ4v) is 3.25. The van der Waals surface area contributed by atoms with Crippen LogP contribution in [0.3, 0.4) is 0 Å². The van der Waals surface area contributed by atoms with Crippen molar-refractivity contribution >= 4 is 10.0 Å². The van der Waals surface area contributed by atoms with Crippen LogP contribution < -0.4 is 9.46 Å². The molecule has 0 radical (unpaired) electrons. The fourth-order valence-electron chi connectivity index (χ4n) is 2.02. The van der Waals surface area contributed by atoms with Gasteiger partial charge in [0.2, 0.25) is 10.0 Å². The molecule has 2 rings (SSSR count). The third-order valence-electron chi connectivity index (χ3n) is 3.42. The Balaban J connectivity index is 2.20. The van der Waals surface area contributed by atoms with Gasteiger partial charge in [0.1, 0.15) is 0 Å². The predicted molar refractivity (Wildman–Crippen MR) is 82.3 cm³/mol. The molecule has 0 saturated heterocycles. The van der Waals surface area contributed by atoms with Crippen LogP contribution in [0.25, 0.3) is 0 Å². The van der Waals surface area contributed by atoms with Crippen molar-refractivity contribution in [2.75, 3.05) is 7.11 Å². The van der Waals surface area contributed by atoms with Gasteiger partial charge in [0.05, 0.1) is 24.2 Å². The van der Waals surface area contributed by atoms with Gasteiger partial charge in [-0.25, -0.2) is 17.5 Å². The maximum atomic E-state index is 14.0. The van der Waals surface area contributed by atoms with E-state index >= 15 is 0 Å². The summed E-state index contributed by atoms with van der Waals surface area (Å²) < 4.78 is 51.0. The first-order valence-electron chi connectivity index (χ1n) is 7.04. The average Bonchev–Trinajstić information content (AvgIpc) is 2.97. The molecule has 0 aliphatic rings. The summed E-state index contributed by atoms with van der Waals surface area (Å²) in [6.07, 6.45) is 0. The molecule has 0 atom stereocenters. The van der Waals surface area contributed by atoms with Crippen molar-refractivity contribution in [2.45, 2.75) is 38.1 Å². The van der Waals surface area contributed by atoms with Gasteiger partial charge in [-0.05, 0) is 25.0 Å². The third-order valence-corrected chi connectivity index (χ3v) is 4.96. The largest absolute Gasteiger partial charge is 0.494 e. The molecule has 1 N–H and O–H groups in total. The number of hydrogen-bond acceptors (Lipinski definition) is 5. The van der Waals surface area contributed by atoms with Crippen molar-refractivity contribution in [3.05, 3.63) is 41.0 Å². The number of benzene rings is 1. The van der Waals surface area contributed by atoms with Crippen molar-refractivity contribution in [3.8, 4) is 5.75 Å². The van der Waals surface area contributed by atoms with E-state index < -0.39 is 15.8 Å². The van der Waals surface area contributed by atoms with Gasteiger partial charge in [0.15, 0.2) is 17.3 Å². The number of methoxy groups -OCH3 is 1. The lowest BCUT2D eigenvalue weighted by Gasteiger charge is -2.11. The zero-order valence-corrected chi connectivity index (χ0v) is 14.2. The number of ether oxygens (including phenoxy) is 1. The molecule has 6 nitrogen and oxygen atoms in total. The Morgan fingerprint density at radius 1 is 1.39 bits per heavy atom. The average molecular weight is 342 g/mol. The van der Waals surface area contributed by atoms with Crippen molar-refractivity contribution in [1.29, 1.82) is 0 Å². The molecule has 0 bridgehead atoms. The highest BCUT2D eigenvalue weighted by Crippen LogP contribution is 2.26. The quantitative estimate of drug-likeness (QED) is 0.873. The summed E-state index contributed by atoms with van der Waals surface area (Å²) in [5.41, 5.74) is 0.739. The van der Waals surface area contributed by atoms with Crippen LogP contribution in [-0.2, 0) is 16.6 Å². The summed E-state index contributed by atoms with van der Waals surface area (Å²) in [6.45, 7) is 5.23. The Morgan fingerprint density at radius 3 is 2.65 bits per heavy atom. The van der Waals surface area contributed by atoms with Crippen LogP contribution in [0.2, 0.25) is 0 Å². The standard InChI is InChI=1S/C15H19FN2O4S/c1-9(2)12-7-11(22-18-12)8-17-23(19,20)14-6-5-13(21-4)15(16)10(14)3/h5-7,9,17H,8H2,1-4H3. The maximum absolute atomic E-state index is 14.0. The number of rotatable bonds is 6. The predicted octanol–water partition coefficient (Wildman–Crippen LogP) is 2.73. The van der Waals surface area contributed by atoms with E-state index in [0.717, 1.165) is 5.69 Å². The topological polar surface area (TPSA) is 81.4 Å². The van der Waals surface area contributed by atoms with Gasteiger partial charge >= 0.3 is 0 Å². The SMILES string of the molecule is COc1ccc(S(=O)(=O)NCc2cc(C(C)C)no2)c(C)c1F. The highest BCUT2D eigenvalue weighted by Gasteiger charge is 2.21. The minimum Gasteiger partial charge on any atom is -0.494 e. The monoisotopic (exact) mass is 342 g/mol. The molecule has 0 unspecified atom stereocenters. The third kappa shape index (κ3) is 3.70. The van der Waals surface area contributed by atoms with Gasteiger partial charge in [0.25, 0.3) is 0 Å². The van der Waals surface area contributed by atoms with E-state index in [-0.39, 0.29) is 28.7 Å². The van der Waals surface area contributed by atoms with Crippen molar-refractivity contribution in [1.82, 2.24) is 9.88 Å². The minimum atomic E-state index is -3.88. The van der Waals surface area contributed by atoms with Crippen LogP contribution in [0, 0.1) is 12.7 Å². The number of aromatic nitrogens is 1. The molecule has 1 aromatic carbocycles.